The monoisotopic (exact) mass is 797 g/mol. The van der Waals surface area contributed by atoms with E-state index in [9.17, 15) is 27.6 Å². The SMILES string of the molecule is Nc1c(Br)cc(C[C@@H](NC(=O)N2CCC(n3c(=O)[nH]c4c5ccccc5ncc43)CC2)C(=O)N2CCN(C3CN4CCC3CC4)CC2)cc1C(F)(F)F. The van der Waals surface area contributed by atoms with Crippen LogP contribution in [0.5, 0.6) is 0 Å². The first-order chi connectivity index (χ1) is 25.4. The highest BCUT2D eigenvalue weighted by molar-refractivity contribution is 9.10. The van der Waals surface area contributed by atoms with E-state index in [0.717, 1.165) is 42.1 Å². The smallest absolute Gasteiger partial charge is 0.397 e. The number of hydrogen-bond donors (Lipinski definition) is 3. The Morgan fingerprint density at radius 2 is 1.70 bits per heavy atom. The van der Waals surface area contributed by atoms with Gasteiger partial charge in [-0.25, -0.2) is 9.59 Å². The molecule has 0 radical (unpaired) electrons. The summed E-state index contributed by atoms with van der Waals surface area (Å²) in [5.41, 5.74) is 6.52. The van der Waals surface area contributed by atoms with Gasteiger partial charge in [0.25, 0.3) is 0 Å². The minimum Gasteiger partial charge on any atom is -0.397 e. The number of amides is 3. The molecule has 5 saturated heterocycles. The Bertz CT molecular complexity index is 2080. The number of nitrogens with two attached hydrogens (primary N) is 1. The molecule has 16 heteroatoms. The third-order valence-corrected chi connectivity index (χ3v) is 12.5. The van der Waals surface area contributed by atoms with E-state index in [4.69, 9.17) is 5.73 Å². The summed E-state index contributed by atoms with van der Waals surface area (Å²) in [6.45, 7) is 6.34. The Kier molecular flexibility index (Phi) is 9.64. The molecule has 0 saturated carbocycles. The molecule has 4 aromatic rings. The Morgan fingerprint density at radius 3 is 2.38 bits per heavy atom. The molecule has 5 aliphatic rings. The lowest BCUT2D eigenvalue weighted by atomic mass is 9.83. The molecule has 3 amide bonds. The van der Waals surface area contributed by atoms with Crippen LogP contribution < -0.4 is 16.7 Å². The fourth-order valence-electron chi connectivity index (χ4n) is 8.96. The average Bonchev–Trinajstić information content (AvgIpc) is 3.51. The molecule has 0 spiro atoms. The van der Waals surface area contributed by atoms with Crippen LogP contribution in [0.25, 0.3) is 21.9 Å². The largest absolute Gasteiger partial charge is 0.418 e. The van der Waals surface area contributed by atoms with Crippen molar-refractivity contribution < 1.29 is 22.8 Å². The number of rotatable bonds is 6. The second kappa shape index (κ2) is 14.3. The fourth-order valence-corrected chi connectivity index (χ4v) is 9.46. The van der Waals surface area contributed by atoms with Gasteiger partial charge in [-0.2, -0.15) is 13.2 Å². The summed E-state index contributed by atoms with van der Waals surface area (Å²) in [7, 11) is 0. The molecule has 5 aliphatic heterocycles. The van der Waals surface area contributed by atoms with Gasteiger partial charge in [-0.15, -0.1) is 0 Å². The number of aromatic nitrogens is 3. The lowest BCUT2D eigenvalue weighted by Crippen LogP contribution is -2.63. The number of urea groups is 1. The van der Waals surface area contributed by atoms with Crippen molar-refractivity contribution in [3.63, 3.8) is 0 Å². The van der Waals surface area contributed by atoms with Gasteiger partial charge in [0.1, 0.15) is 6.04 Å². The standard InChI is InChI=1S/C37H43BrF3N9O3/c38-27-18-22(17-26(32(27)42)37(39,40)41)19-29(34(51)48-15-13-47(14-16-48)31-21-46-9-5-23(31)6-10-46)44-35(52)49-11-7-24(8-12-49)50-30-20-43-28-4-2-1-3-25(28)33(30)45-36(50)53/h1-4,17-18,20,23-24,29,31H,5-16,19,21,42H2,(H,44,52)(H,45,53)/t29-,31?/m1/s1. The summed E-state index contributed by atoms with van der Waals surface area (Å²) in [6, 6.07) is 8.74. The number of nitrogens with zero attached hydrogens (tertiary/aromatic N) is 6. The molecule has 2 aromatic heterocycles. The van der Waals surface area contributed by atoms with Gasteiger partial charge >= 0.3 is 17.9 Å². The highest BCUT2D eigenvalue weighted by Crippen LogP contribution is 2.38. The van der Waals surface area contributed by atoms with Crippen LogP contribution in [-0.2, 0) is 17.4 Å². The van der Waals surface area contributed by atoms with Crippen molar-refractivity contribution >= 4 is 55.5 Å². The molecule has 53 heavy (non-hydrogen) atoms. The average molecular weight is 799 g/mol. The zero-order chi connectivity index (χ0) is 37.0. The maximum Gasteiger partial charge on any atom is 0.418 e. The summed E-state index contributed by atoms with van der Waals surface area (Å²) in [5, 5.41) is 3.75. The number of pyridine rings is 1. The molecule has 2 bridgehead atoms. The Hall–Kier alpha value is -4.15. The molecular weight excluding hydrogens is 755 g/mol. The number of aromatic amines is 1. The molecule has 4 N–H and O–H groups in total. The van der Waals surface area contributed by atoms with E-state index in [1.165, 1.54) is 18.9 Å². The minimum absolute atomic E-state index is 0.0729. The number of nitrogen functional groups attached to an aromatic ring is 1. The van der Waals surface area contributed by atoms with Crippen molar-refractivity contribution in [1.29, 1.82) is 0 Å². The van der Waals surface area contributed by atoms with Gasteiger partial charge in [-0.1, -0.05) is 18.2 Å². The zero-order valence-corrected chi connectivity index (χ0v) is 30.8. The number of alkyl halides is 3. The molecule has 0 aliphatic carbocycles. The predicted molar refractivity (Wildman–Crippen MR) is 198 cm³/mol. The van der Waals surface area contributed by atoms with Crippen molar-refractivity contribution in [3.05, 3.63) is 68.7 Å². The highest BCUT2D eigenvalue weighted by Gasteiger charge is 2.40. The summed E-state index contributed by atoms with van der Waals surface area (Å²) >= 11 is 3.16. The third kappa shape index (κ3) is 7.00. The molecule has 2 aromatic carbocycles. The van der Waals surface area contributed by atoms with Gasteiger partial charge in [0.2, 0.25) is 5.91 Å². The summed E-state index contributed by atoms with van der Waals surface area (Å²) in [5.74, 6) is 0.338. The molecule has 2 atom stereocenters. The van der Waals surface area contributed by atoms with Gasteiger partial charge in [-0.3, -0.25) is 19.2 Å². The number of carbonyl (C=O) groups excluding carboxylic acids is 2. The number of carbonyl (C=O) groups is 2. The van der Waals surface area contributed by atoms with E-state index in [1.54, 1.807) is 20.6 Å². The molecule has 9 rings (SSSR count). The number of imidazole rings is 1. The number of H-pyrrole nitrogens is 1. The Balaban J connectivity index is 0.976. The van der Waals surface area contributed by atoms with E-state index in [2.05, 4.69) is 41.0 Å². The van der Waals surface area contributed by atoms with Crippen LogP contribution in [0.15, 0.2) is 51.9 Å². The van der Waals surface area contributed by atoms with Crippen LogP contribution in [0, 0.1) is 5.92 Å². The topological polar surface area (TPSA) is 136 Å². The van der Waals surface area contributed by atoms with Crippen molar-refractivity contribution in [2.45, 2.75) is 56.4 Å². The van der Waals surface area contributed by atoms with E-state index >= 15 is 0 Å². The predicted octanol–water partition coefficient (Wildman–Crippen LogP) is 4.44. The van der Waals surface area contributed by atoms with Gasteiger partial charge in [0, 0.05) is 74.2 Å². The normalized spacial score (nSPS) is 23.5. The molecule has 282 valence electrons. The van der Waals surface area contributed by atoms with Crippen LogP contribution >= 0.6 is 15.9 Å². The molecular formula is C37H43BrF3N9O3. The summed E-state index contributed by atoms with van der Waals surface area (Å²) in [4.78, 5) is 57.0. The van der Waals surface area contributed by atoms with Gasteiger partial charge in [-0.05, 0) is 84.4 Å². The van der Waals surface area contributed by atoms with Gasteiger partial charge in [0.15, 0.2) is 0 Å². The number of likely N-dealkylation sites (tertiary alicyclic amines) is 1. The lowest BCUT2D eigenvalue weighted by molar-refractivity contribution is -0.137. The minimum atomic E-state index is -4.70. The number of anilines is 1. The molecule has 5 fully saturated rings. The molecule has 12 nitrogen and oxygen atoms in total. The first-order valence-corrected chi connectivity index (χ1v) is 19.2. The maximum absolute atomic E-state index is 14.2. The fraction of sp³-hybridized carbons (Fsp3) is 0.514. The van der Waals surface area contributed by atoms with E-state index in [0.29, 0.717) is 69.6 Å². The van der Waals surface area contributed by atoms with E-state index < -0.39 is 29.5 Å². The number of halogens is 4. The van der Waals surface area contributed by atoms with Crippen LogP contribution in [0.1, 0.15) is 42.9 Å². The summed E-state index contributed by atoms with van der Waals surface area (Å²) in [6.07, 6.45) is 0.228. The Labute approximate surface area is 312 Å². The number of piperazine rings is 1. The zero-order valence-electron chi connectivity index (χ0n) is 29.2. The number of para-hydroxylation sites is 1. The van der Waals surface area contributed by atoms with Crippen LogP contribution in [0.3, 0.4) is 0 Å². The van der Waals surface area contributed by atoms with Gasteiger partial charge in [0.05, 0.1) is 34.0 Å². The van der Waals surface area contributed by atoms with Crippen molar-refractivity contribution in [3.8, 4) is 0 Å². The number of nitrogens with one attached hydrogen (secondary N) is 2. The first kappa shape index (κ1) is 35.9. The van der Waals surface area contributed by atoms with Crippen LogP contribution in [0.2, 0.25) is 0 Å². The number of fused-ring (bicyclic) bond motifs is 6. The van der Waals surface area contributed by atoms with Crippen molar-refractivity contribution in [2.24, 2.45) is 5.92 Å². The number of piperidine rings is 4. The van der Waals surface area contributed by atoms with Gasteiger partial charge < -0.3 is 30.7 Å². The second-order valence-electron chi connectivity index (χ2n) is 14.9. The third-order valence-electron chi connectivity index (χ3n) is 11.8. The maximum atomic E-state index is 14.2. The van der Waals surface area contributed by atoms with E-state index in [1.807, 2.05) is 24.3 Å². The number of hydrogen-bond acceptors (Lipinski definition) is 7. The van der Waals surface area contributed by atoms with Crippen molar-refractivity contribution in [1.82, 2.24) is 39.5 Å². The molecule has 7 heterocycles. The lowest BCUT2D eigenvalue weighted by Gasteiger charge is -2.51. The number of benzene rings is 2. The van der Waals surface area contributed by atoms with Crippen LogP contribution in [0.4, 0.5) is 23.7 Å². The first-order valence-electron chi connectivity index (χ1n) is 18.4. The molecule has 1 unspecified atom stereocenters. The highest BCUT2D eigenvalue weighted by atomic mass is 79.9. The van der Waals surface area contributed by atoms with E-state index in [-0.39, 0.29) is 34.1 Å². The second-order valence-corrected chi connectivity index (χ2v) is 15.7. The Morgan fingerprint density at radius 1 is 0.981 bits per heavy atom. The van der Waals surface area contributed by atoms with Crippen molar-refractivity contribution in [2.75, 3.05) is 64.6 Å². The quantitative estimate of drug-likeness (QED) is 0.246. The van der Waals surface area contributed by atoms with Crippen LogP contribution in [-0.4, -0.2) is 117 Å². The summed E-state index contributed by atoms with van der Waals surface area (Å²) < 4.78 is 43.5.